The van der Waals surface area contributed by atoms with Crippen LogP contribution in [0, 0.1) is 22.7 Å². The van der Waals surface area contributed by atoms with E-state index in [1.165, 1.54) is 24.6 Å². The van der Waals surface area contributed by atoms with Gasteiger partial charge in [0.1, 0.15) is 23.6 Å². The zero-order valence-corrected chi connectivity index (χ0v) is 16.4. The number of para-hydroxylation sites is 1. The molecule has 3 aromatic heterocycles. The number of nitriles is 2. The van der Waals surface area contributed by atoms with Crippen LogP contribution < -0.4 is 5.32 Å². The van der Waals surface area contributed by atoms with Gasteiger partial charge in [0, 0.05) is 19.7 Å². The molecule has 0 fully saturated rings. The van der Waals surface area contributed by atoms with Gasteiger partial charge >= 0.3 is 0 Å². The molecule has 0 aliphatic rings. The number of nitrogens with one attached hydrogen (secondary N) is 1. The molecule has 29 heavy (non-hydrogen) atoms. The van der Waals surface area contributed by atoms with Crippen LogP contribution in [-0.2, 0) is 6.54 Å². The maximum Gasteiger partial charge on any atom is 0.222 e. The molecule has 0 bridgehead atoms. The fourth-order valence-corrected chi connectivity index (χ4v) is 3.54. The molecule has 0 radical (unpaired) electrons. The lowest BCUT2D eigenvalue weighted by Crippen LogP contribution is -2.13. The predicted molar refractivity (Wildman–Crippen MR) is 109 cm³/mol. The summed E-state index contributed by atoms with van der Waals surface area (Å²) in [5.74, 6) is -0.0461. The molecule has 1 N–H and O–H groups in total. The number of nitrogens with zero attached hydrogens (tertiary/aromatic N) is 8. The van der Waals surface area contributed by atoms with Gasteiger partial charge in [-0.15, -0.1) is 11.3 Å². The highest BCUT2D eigenvalue weighted by Gasteiger charge is 2.20. The molecule has 1 unspecified atom stereocenters. The zero-order chi connectivity index (χ0) is 20.5. The Morgan fingerprint density at radius 3 is 2.76 bits per heavy atom. The normalized spacial score (nSPS) is 11.0. The third-order valence-corrected chi connectivity index (χ3v) is 4.85. The summed E-state index contributed by atoms with van der Waals surface area (Å²) in [6, 6.07) is 13.7. The average molecular weight is 403 g/mol. The lowest BCUT2D eigenvalue weighted by molar-refractivity contribution is 0.634. The first kappa shape index (κ1) is 19.9. The number of aromatic nitrogens is 6. The van der Waals surface area contributed by atoms with Crippen molar-refractivity contribution < 1.29 is 0 Å². The molecule has 0 amide bonds. The molecule has 0 aliphatic heterocycles. The van der Waals surface area contributed by atoms with Crippen LogP contribution in [0.4, 0.5) is 5.95 Å². The molecule has 1 aromatic carbocycles. The van der Waals surface area contributed by atoms with Crippen LogP contribution in [0.1, 0.15) is 23.5 Å². The van der Waals surface area contributed by atoms with Crippen LogP contribution in [0.3, 0.4) is 0 Å². The molecule has 4 aromatic rings. The second-order valence-electron chi connectivity index (χ2n) is 5.70. The van der Waals surface area contributed by atoms with E-state index in [9.17, 15) is 5.26 Å². The summed E-state index contributed by atoms with van der Waals surface area (Å²) >= 11 is 1.51. The van der Waals surface area contributed by atoms with Crippen molar-refractivity contribution in [3.8, 4) is 12.1 Å². The van der Waals surface area contributed by atoms with E-state index in [1.54, 1.807) is 29.3 Å². The standard InChI is InChI=1S/C17H14N8S.C2H3N/c18-9-12(16-23-14-3-1-2-4-15(14)26-16)13-5-6-20-17(24-13)21-7-8-25-11-19-10-22-25;1-2-3/h1-6,10-12H,7-8H2,(H,20,21,24);1H3. The molecular weight excluding hydrogens is 386 g/mol. The Balaban J connectivity index is 0.000000755. The Bertz CT molecular complexity index is 1110. The summed E-state index contributed by atoms with van der Waals surface area (Å²) in [7, 11) is 0. The van der Waals surface area contributed by atoms with Gasteiger partial charge in [0.25, 0.3) is 0 Å². The van der Waals surface area contributed by atoms with E-state index in [1.807, 2.05) is 24.3 Å². The number of hydrogen-bond acceptors (Lipinski definition) is 9. The molecule has 1 atom stereocenters. The topological polar surface area (TPSA) is 129 Å². The second-order valence-corrected chi connectivity index (χ2v) is 6.76. The molecule has 0 saturated heterocycles. The van der Waals surface area contributed by atoms with Gasteiger partial charge < -0.3 is 5.32 Å². The van der Waals surface area contributed by atoms with Crippen LogP contribution in [0.25, 0.3) is 10.2 Å². The van der Waals surface area contributed by atoms with Crippen molar-refractivity contribution in [2.45, 2.75) is 19.4 Å². The Kier molecular flexibility index (Phi) is 6.76. The van der Waals surface area contributed by atoms with Gasteiger partial charge in [0.2, 0.25) is 5.95 Å². The summed E-state index contributed by atoms with van der Waals surface area (Å²) in [6.45, 7) is 2.68. The van der Waals surface area contributed by atoms with Gasteiger partial charge in [-0.1, -0.05) is 12.1 Å². The first-order valence-electron chi connectivity index (χ1n) is 8.70. The largest absolute Gasteiger partial charge is 0.352 e. The minimum absolute atomic E-state index is 0.476. The molecule has 0 saturated carbocycles. The van der Waals surface area contributed by atoms with Crippen molar-refractivity contribution in [2.24, 2.45) is 0 Å². The molecule has 3 heterocycles. The van der Waals surface area contributed by atoms with E-state index < -0.39 is 5.92 Å². The van der Waals surface area contributed by atoms with Gasteiger partial charge in [-0.25, -0.2) is 19.9 Å². The summed E-state index contributed by atoms with van der Waals surface area (Å²) in [6.07, 6.45) is 4.79. The summed E-state index contributed by atoms with van der Waals surface area (Å²) in [5, 5.41) is 24.9. The van der Waals surface area contributed by atoms with Gasteiger partial charge in [0.05, 0.1) is 34.6 Å². The van der Waals surface area contributed by atoms with Gasteiger partial charge in [-0.05, 0) is 18.2 Å². The number of anilines is 1. The van der Waals surface area contributed by atoms with E-state index in [2.05, 4.69) is 36.4 Å². The number of hydrogen-bond donors (Lipinski definition) is 1. The van der Waals surface area contributed by atoms with E-state index in [4.69, 9.17) is 5.26 Å². The SMILES string of the molecule is CC#N.N#CC(c1ccnc(NCCn2cncn2)n1)c1nc2ccccc2s1. The zero-order valence-electron chi connectivity index (χ0n) is 15.6. The van der Waals surface area contributed by atoms with E-state index in [0.717, 1.165) is 15.2 Å². The van der Waals surface area contributed by atoms with Crippen LogP contribution in [0.2, 0.25) is 0 Å². The van der Waals surface area contributed by atoms with Crippen LogP contribution in [0.15, 0.2) is 49.2 Å². The average Bonchev–Trinajstić information content (AvgIpc) is 3.39. The van der Waals surface area contributed by atoms with Gasteiger partial charge in [-0.3, -0.25) is 4.68 Å². The van der Waals surface area contributed by atoms with E-state index >= 15 is 0 Å². The highest BCUT2D eigenvalue weighted by atomic mass is 32.1. The number of fused-ring (bicyclic) bond motifs is 1. The summed E-state index contributed by atoms with van der Waals surface area (Å²) in [5.41, 5.74) is 1.53. The van der Waals surface area contributed by atoms with Gasteiger partial charge in [0.15, 0.2) is 0 Å². The van der Waals surface area contributed by atoms with Crippen molar-refractivity contribution in [1.82, 2.24) is 29.7 Å². The Morgan fingerprint density at radius 1 is 1.21 bits per heavy atom. The molecule has 9 nitrogen and oxygen atoms in total. The summed E-state index contributed by atoms with van der Waals surface area (Å²) in [4.78, 5) is 17.2. The van der Waals surface area contributed by atoms with Crippen LogP contribution >= 0.6 is 11.3 Å². The Labute approximate surface area is 171 Å². The van der Waals surface area contributed by atoms with Crippen molar-refractivity contribution in [1.29, 1.82) is 10.5 Å². The Hall–Kier alpha value is -3.89. The second kappa shape index (κ2) is 9.88. The predicted octanol–water partition coefficient (Wildman–Crippen LogP) is 2.98. The lowest BCUT2D eigenvalue weighted by Gasteiger charge is -2.08. The fourth-order valence-electron chi connectivity index (χ4n) is 2.51. The highest BCUT2D eigenvalue weighted by molar-refractivity contribution is 7.18. The van der Waals surface area contributed by atoms with Crippen molar-refractivity contribution in [3.63, 3.8) is 0 Å². The first-order chi connectivity index (χ1) is 14.2. The van der Waals surface area contributed by atoms with Crippen molar-refractivity contribution in [2.75, 3.05) is 11.9 Å². The molecule has 4 rings (SSSR count). The maximum atomic E-state index is 9.67. The molecule has 0 aliphatic carbocycles. The number of rotatable bonds is 6. The van der Waals surface area contributed by atoms with Crippen LogP contribution in [0.5, 0.6) is 0 Å². The lowest BCUT2D eigenvalue weighted by atomic mass is 10.1. The first-order valence-corrected chi connectivity index (χ1v) is 9.52. The van der Waals surface area contributed by atoms with E-state index in [0.29, 0.717) is 24.7 Å². The number of benzene rings is 1. The van der Waals surface area contributed by atoms with Crippen molar-refractivity contribution in [3.05, 3.63) is 59.9 Å². The van der Waals surface area contributed by atoms with Crippen LogP contribution in [-0.4, -0.2) is 36.3 Å². The third-order valence-electron chi connectivity index (χ3n) is 3.75. The monoisotopic (exact) mass is 403 g/mol. The fraction of sp³-hybridized carbons (Fsp3) is 0.211. The van der Waals surface area contributed by atoms with Gasteiger partial charge in [-0.2, -0.15) is 15.6 Å². The maximum absolute atomic E-state index is 9.67. The third kappa shape index (κ3) is 5.09. The Morgan fingerprint density at radius 2 is 2.03 bits per heavy atom. The number of thiazole rings is 1. The molecule has 0 spiro atoms. The molecule has 144 valence electrons. The minimum Gasteiger partial charge on any atom is -0.352 e. The van der Waals surface area contributed by atoms with Crippen molar-refractivity contribution >= 4 is 27.5 Å². The molecule has 10 heteroatoms. The highest BCUT2D eigenvalue weighted by Crippen LogP contribution is 2.30. The summed E-state index contributed by atoms with van der Waals surface area (Å²) < 4.78 is 2.78. The smallest absolute Gasteiger partial charge is 0.222 e. The molecular formula is C19H17N9S. The quantitative estimate of drug-likeness (QED) is 0.520. The van der Waals surface area contributed by atoms with E-state index in [-0.39, 0.29) is 0 Å². The minimum atomic E-state index is -0.522.